The maximum absolute atomic E-state index is 5.36. The molecule has 2 aromatic heterocycles. The molecule has 230 valence electrons. The molecule has 0 amide bonds. The molecule has 0 atom stereocenters. The summed E-state index contributed by atoms with van der Waals surface area (Å²) in [4.78, 5) is 5.36. The van der Waals surface area contributed by atoms with Crippen molar-refractivity contribution in [2.24, 2.45) is 4.99 Å². The topological polar surface area (TPSA) is 17.3 Å². The minimum absolute atomic E-state index is 0.605. The van der Waals surface area contributed by atoms with Crippen molar-refractivity contribution in [2.75, 3.05) is 0 Å². The van der Waals surface area contributed by atoms with Crippen molar-refractivity contribution in [1.82, 2.24) is 4.57 Å². The molecule has 0 aliphatic heterocycles. The highest BCUT2D eigenvalue weighted by Gasteiger charge is 2.16. The Bertz CT molecular complexity index is 2560. The number of benzene rings is 6. The van der Waals surface area contributed by atoms with E-state index < -0.39 is 0 Å². The normalized spacial score (nSPS) is 12.4. The highest BCUT2D eigenvalue weighted by Crippen LogP contribution is 2.37. The Labute approximate surface area is 284 Å². The van der Waals surface area contributed by atoms with Gasteiger partial charge in [0.1, 0.15) is 0 Å². The molecule has 0 aliphatic carbocycles. The molecule has 48 heavy (non-hydrogen) atoms. The molecule has 0 saturated carbocycles. The summed E-state index contributed by atoms with van der Waals surface area (Å²) in [5.74, 6) is 0. The van der Waals surface area contributed by atoms with Crippen LogP contribution >= 0.6 is 11.3 Å². The lowest BCUT2D eigenvalue weighted by atomic mass is 10.00. The number of thiophene rings is 1. The molecule has 0 N–H and O–H groups in total. The minimum Gasteiger partial charge on any atom is -0.309 e. The molecular weight excluding hydrogens is 601 g/mol. The summed E-state index contributed by atoms with van der Waals surface area (Å²) in [5.41, 5.74) is 10.00. The van der Waals surface area contributed by atoms with E-state index in [0.29, 0.717) is 6.54 Å². The van der Waals surface area contributed by atoms with E-state index in [4.69, 9.17) is 4.99 Å². The molecule has 3 heteroatoms. The van der Waals surface area contributed by atoms with Gasteiger partial charge in [0.05, 0.1) is 23.3 Å². The Kier molecular flexibility index (Phi) is 7.89. The fourth-order valence-electron chi connectivity index (χ4n) is 6.66. The van der Waals surface area contributed by atoms with E-state index in [1.165, 1.54) is 42.0 Å². The number of nitrogens with zero attached hydrogens (tertiary/aromatic N) is 2. The van der Waals surface area contributed by atoms with E-state index in [1.54, 1.807) is 0 Å². The first-order valence-electron chi connectivity index (χ1n) is 16.3. The zero-order valence-electron chi connectivity index (χ0n) is 26.8. The average Bonchev–Trinajstić information content (AvgIpc) is 3.68. The van der Waals surface area contributed by atoms with E-state index in [0.717, 1.165) is 39.2 Å². The maximum atomic E-state index is 5.36. The van der Waals surface area contributed by atoms with Gasteiger partial charge in [-0.1, -0.05) is 134 Å². The Morgan fingerprint density at radius 1 is 0.646 bits per heavy atom. The summed E-state index contributed by atoms with van der Waals surface area (Å²) in [6.45, 7) is 6.95. The highest BCUT2D eigenvalue weighted by molar-refractivity contribution is 7.26. The molecule has 0 fully saturated rings. The second-order valence-electron chi connectivity index (χ2n) is 12.0. The second-order valence-corrected chi connectivity index (χ2v) is 13.0. The van der Waals surface area contributed by atoms with Crippen LogP contribution in [0.5, 0.6) is 0 Å². The van der Waals surface area contributed by atoms with Gasteiger partial charge in [0.25, 0.3) is 0 Å². The molecule has 8 rings (SSSR count). The van der Waals surface area contributed by atoms with Crippen LogP contribution in [0.25, 0.3) is 53.2 Å². The van der Waals surface area contributed by atoms with Gasteiger partial charge in [-0.15, -0.1) is 11.3 Å². The second kappa shape index (κ2) is 12.8. The average molecular weight is 635 g/mol. The number of hydrogen-bond acceptors (Lipinski definition) is 2. The summed E-state index contributed by atoms with van der Waals surface area (Å²) < 4.78 is 4.99. The number of fused-ring (bicyclic) bond motifs is 6. The van der Waals surface area contributed by atoms with Crippen LogP contribution in [-0.2, 0) is 6.54 Å². The number of aliphatic imine (C=N–C) groups is 1. The van der Waals surface area contributed by atoms with Gasteiger partial charge in [-0.3, -0.25) is 4.99 Å². The van der Waals surface area contributed by atoms with Gasteiger partial charge < -0.3 is 4.57 Å². The first kappa shape index (κ1) is 29.6. The van der Waals surface area contributed by atoms with Crippen LogP contribution in [0, 0.1) is 0 Å². The van der Waals surface area contributed by atoms with Gasteiger partial charge in [-0.25, -0.2) is 0 Å². The van der Waals surface area contributed by atoms with E-state index in [2.05, 4.69) is 157 Å². The van der Waals surface area contributed by atoms with Crippen LogP contribution in [0.3, 0.4) is 0 Å². The zero-order valence-corrected chi connectivity index (χ0v) is 27.6. The van der Waals surface area contributed by atoms with Gasteiger partial charge in [0.2, 0.25) is 0 Å². The van der Waals surface area contributed by atoms with Crippen molar-refractivity contribution in [3.05, 3.63) is 193 Å². The lowest BCUT2D eigenvalue weighted by Gasteiger charge is -2.12. The van der Waals surface area contributed by atoms with Crippen molar-refractivity contribution in [3.8, 4) is 5.69 Å². The molecule has 0 unspecified atom stereocenters. The first-order valence-corrected chi connectivity index (χ1v) is 17.1. The Balaban J connectivity index is 1.25. The van der Waals surface area contributed by atoms with Gasteiger partial charge in [0.15, 0.2) is 0 Å². The lowest BCUT2D eigenvalue weighted by Crippen LogP contribution is -2.04. The first-order chi connectivity index (χ1) is 23.7. The number of hydrogen-bond donors (Lipinski definition) is 0. The summed E-state index contributed by atoms with van der Waals surface area (Å²) >= 11 is 1.86. The van der Waals surface area contributed by atoms with Gasteiger partial charge in [-0.2, -0.15) is 0 Å². The number of allylic oxidation sites excluding steroid dienone is 5. The smallest absolute Gasteiger partial charge is 0.0723 e. The third-order valence-corrected chi connectivity index (χ3v) is 10.2. The van der Waals surface area contributed by atoms with Crippen molar-refractivity contribution in [2.45, 2.75) is 13.5 Å². The van der Waals surface area contributed by atoms with Crippen LogP contribution in [0.15, 0.2) is 175 Å². The number of para-hydroxylation sites is 1. The van der Waals surface area contributed by atoms with Crippen molar-refractivity contribution in [1.29, 1.82) is 0 Å². The predicted octanol–water partition coefficient (Wildman–Crippen LogP) is 12.3. The van der Waals surface area contributed by atoms with Gasteiger partial charge >= 0.3 is 0 Å². The molecule has 0 aliphatic rings. The standard InChI is InChI=1S/C45H34N2S/c1-3-4-6-15-31(2)33-18-13-20-36(28-33)47-41-24-11-9-21-37(41)40-29-34(26-27-42(40)47)44(32-16-7-5-8-17-32)46-30-35-19-14-23-39-38-22-10-12-25-43(38)48-45(35)39/h3-29H,2,30H2,1H3/b4-3-,15-6-,46-44?. The molecule has 6 aromatic carbocycles. The Morgan fingerprint density at radius 2 is 1.38 bits per heavy atom. The van der Waals surface area contributed by atoms with Crippen LogP contribution in [0.1, 0.15) is 29.2 Å². The number of aromatic nitrogens is 1. The summed E-state index contributed by atoms with van der Waals surface area (Å²) in [5, 5.41) is 5.04. The van der Waals surface area contributed by atoms with Crippen molar-refractivity contribution in [3.63, 3.8) is 0 Å². The third kappa shape index (κ3) is 5.38. The highest BCUT2D eigenvalue weighted by atomic mass is 32.1. The maximum Gasteiger partial charge on any atom is 0.0723 e. The SMILES string of the molecule is C=C(/C=C\C=C/C)c1cccc(-n2c3ccccc3c3cc(C(=NCc4cccc5c4sc4ccccc45)c4ccccc4)ccc32)c1. The van der Waals surface area contributed by atoms with Crippen LogP contribution in [0.2, 0.25) is 0 Å². The molecule has 8 aromatic rings. The molecule has 0 radical (unpaired) electrons. The van der Waals surface area contributed by atoms with Crippen LogP contribution in [-0.4, -0.2) is 10.3 Å². The summed E-state index contributed by atoms with van der Waals surface area (Å²) in [6, 6.07) is 50.0. The Morgan fingerprint density at radius 3 is 2.25 bits per heavy atom. The van der Waals surface area contributed by atoms with E-state index in [-0.39, 0.29) is 0 Å². The molecule has 2 nitrogen and oxygen atoms in total. The molecule has 0 spiro atoms. The van der Waals surface area contributed by atoms with E-state index >= 15 is 0 Å². The van der Waals surface area contributed by atoms with Crippen molar-refractivity contribution >= 4 is 64.6 Å². The van der Waals surface area contributed by atoms with Crippen molar-refractivity contribution < 1.29 is 0 Å². The van der Waals surface area contributed by atoms with Gasteiger partial charge in [0, 0.05) is 47.8 Å². The summed E-state index contributed by atoms with van der Waals surface area (Å²) in [6.07, 6.45) is 8.14. The summed E-state index contributed by atoms with van der Waals surface area (Å²) in [7, 11) is 0. The van der Waals surface area contributed by atoms with E-state index in [9.17, 15) is 0 Å². The largest absolute Gasteiger partial charge is 0.309 e. The lowest BCUT2D eigenvalue weighted by molar-refractivity contribution is 1.08. The van der Waals surface area contributed by atoms with Crippen LogP contribution in [0.4, 0.5) is 0 Å². The monoisotopic (exact) mass is 634 g/mol. The Hall–Kier alpha value is -5.77. The fraction of sp³-hybridized carbons (Fsp3) is 0.0444. The quantitative estimate of drug-likeness (QED) is 0.117. The molecule has 2 heterocycles. The molecule has 0 saturated heterocycles. The zero-order chi connectivity index (χ0) is 32.5. The molecule has 0 bridgehead atoms. The number of rotatable bonds is 8. The fourth-order valence-corrected chi connectivity index (χ4v) is 7.87. The molecular formula is C45H34N2S. The van der Waals surface area contributed by atoms with Crippen LogP contribution < -0.4 is 0 Å². The third-order valence-electron chi connectivity index (χ3n) is 8.96. The minimum atomic E-state index is 0.605. The van der Waals surface area contributed by atoms with Gasteiger partial charge in [-0.05, 0) is 60.0 Å². The van der Waals surface area contributed by atoms with E-state index in [1.807, 2.05) is 36.5 Å². The predicted molar refractivity (Wildman–Crippen MR) is 209 cm³/mol.